The van der Waals surface area contributed by atoms with E-state index in [1.807, 2.05) is 19.0 Å². The number of hydrogen-bond acceptors (Lipinski definition) is 6. The van der Waals surface area contributed by atoms with Crippen LogP contribution in [0.4, 0.5) is 5.13 Å². The van der Waals surface area contributed by atoms with E-state index in [9.17, 15) is 0 Å². The summed E-state index contributed by atoms with van der Waals surface area (Å²) in [5.74, 6) is 0. The highest BCUT2D eigenvalue weighted by Crippen LogP contribution is 2.19. The zero-order valence-electron chi connectivity index (χ0n) is 8.97. The monoisotopic (exact) mass is 231 g/mol. The molecule has 0 bridgehead atoms. The molecule has 86 valence electrons. The summed E-state index contributed by atoms with van der Waals surface area (Å²) < 4.78 is 0. The van der Waals surface area contributed by atoms with Crippen LogP contribution in [0, 0.1) is 0 Å². The van der Waals surface area contributed by atoms with E-state index in [1.54, 1.807) is 17.5 Å². The van der Waals surface area contributed by atoms with E-state index >= 15 is 0 Å². The fraction of sp³-hybridized carbons (Fsp3) is 0.667. The summed E-state index contributed by atoms with van der Waals surface area (Å²) in [6.45, 7) is 0.503. The molecule has 15 heavy (non-hydrogen) atoms. The Bertz CT molecular complexity index is 287. The van der Waals surface area contributed by atoms with Gasteiger partial charge < -0.3 is 20.4 Å². The van der Waals surface area contributed by atoms with Crippen molar-refractivity contribution in [3.63, 3.8) is 0 Å². The van der Waals surface area contributed by atoms with Crippen molar-refractivity contribution in [3.05, 3.63) is 11.1 Å². The minimum Gasteiger partial charge on any atom is -0.395 e. The Morgan fingerprint density at radius 1 is 1.47 bits per heavy atom. The molecule has 0 spiro atoms. The second kappa shape index (κ2) is 6.02. The van der Waals surface area contributed by atoms with Gasteiger partial charge in [0, 0.05) is 31.7 Å². The van der Waals surface area contributed by atoms with E-state index in [1.165, 1.54) is 0 Å². The summed E-state index contributed by atoms with van der Waals surface area (Å²) in [7, 11) is 3.89. The number of thiazole rings is 1. The highest BCUT2D eigenvalue weighted by molar-refractivity contribution is 7.15. The first-order valence-corrected chi connectivity index (χ1v) is 5.56. The van der Waals surface area contributed by atoms with Gasteiger partial charge in [-0.3, -0.25) is 0 Å². The van der Waals surface area contributed by atoms with Crippen molar-refractivity contribution in [1.82, 2.24) is 10.3 Å². The molecule has 5 nitrogen and oxygen atoms in total. The lowest BCUT2D eigenvalue weighted by molar-refractivity contribution is 0.170. The minimum absolute atomic E-state index is 0.0597. The topological polar surface area (TPSA) is 68.6 Å². The standard InChI is InChI=1S/C9H17N3O2S/c1-12(2)9-11-4-8(15-9)3-10-7(5-13)6-14/h4,7,10,13-14H,3,5-6H2,1-2H3. The molecule has 0 aliphatic heterocycles. The van der Waals surface area contributed by atoms with Crippen molar-refractivity contribution in [2.45, 2.75) is 12.6 Å². The predicted molar refractivity (Wildman–Crippen MR) is 61.2 cm³/mol. The zero-order valence-corrected chi connectivity index (χ0v) is 9.79. The average molecular weight is 231 g/mol. The SMILES string of the molecule is CN(C)c1ncc(CNC(CO)CO)s1. The smallest absolute Gasteiger partial charge is 0.185 e. The van der Waals surface area contributed by atoms with E-state index in [0.29, 0.717) is 6.54 Å². The van der Waals surface area contributed by atoms with Gasteiger partial charge in [0.2, 0.25) is 0 Å². The lowest BCUT2D eigenvalue weighted by Crippen LogP contribution is -2.34. The van der Waals surface area contributed by atoms with Crippen LogP contribution in [0.25, 0.3) is 0 Å². The van der Waals surface area contributed by atoms with Crippen LogP contribution in [0.1, 0.15) is 4.88 Å². The fourth-order valence-corrected chi connectivity index (χ4v) is 1.80. The highest BCUT2D eigenvalue weighted by atomic mass is 32.1. The molecule has 1 rings (SSSR count). The molecule has 1 heterocycles. The van der Waals surface area contributed by atoms with Gasteiger partial charge in [-0.1, -0.05) is 0 Å². The predicted octanol–water partition coefficient (Wildman–Crippen LogP) is -0.348. The first-order valence-electron chi connectivity index (χ1n) is 4.74. The van der Waals surface area contributed by atoms with Crippen molar-refractivity contribution in [2.75, 3.05) is 32.2 Å². The minimum atomic E-state index is -0.255. The van der Waals surface area contributed by atoms with Gasteiger partial charge in [0.15, 0.2) is 5.13 Å². The average Bonchev–Trinajstić information content (AvgIpc) is 2.68. The van der Waals surface area contributed by atoms with Crippen LogP contribution >= 0.6 is 11.3 Å². The van der Waals surface area contributed by atoms with Gasteiger partial charge in [0.1, 0.15) is 0 Å². The molecular formula is C9H17N3O2S. The van der Waals surface area contributed by atoms with Crippen LogP contribution < -0.4 is 10.2 Å². The second-order valence-corrected chi connectivity index (χ2v) is 4.54. The van der Waals surface area contributed by atoms with E-state index in [2.05, 4.69) is 10.3 Å². The molecule has 0 fully saturated rings. The normalized spacial score (nSPS) is 11.0. The third-order valence-corrected chi connectivity index (χ3v) is 3.09. The molecule has 6 heteroatoms. The van der Waals surface area contributed by atoms with Crippen LogP contribution in [0.3, 0.4) is 0 Å². The number of rotatable bonds is 6. The van der Waals surface area contributed by atoms with Crippen LogP contribution in [-0.4, -0.2) is 48.5 Å². The molecule has 0 saturated heterocycles. The third kappa shape index (κ3) is 3.75. The van der Waals surface area contributed by atoms with Crippen LogP contribution in [0.15, 0.2) is 6.20 Å². The number of anilines is 1. The number of nitrogens with zero attached hydrogens (tertiary/aromatic N) is 2. The number of aliphatic hydroxyl groups excluding tert-OH is 2. The summed E-state index contributed by atoms with van der Waals surface area (Å²) in [6.07, 6.45) is 1.80. The first kappa shape index (κ1) is 12.4. The van der Waals surface area contributed by atoms with Gasteiger partial charge in [0.05, 0.1) is 19.3 Å². The second-order valence-electron chi connectivity index (χ2n) is 3.45. The van der Waals surface area contributed by atoms with Crippen molar-refractivity contribution in [3.8, 4) is 0 Å². The Labute approximate surface area is 93.4 Å². The molecule has 0 saturated carbocycles. The molecular weight excluding hydrogens is 214 g/mol. The van der Waals surface area contributed by atoms with Gasteiger partial charge in [-0.05, 0) is 0 Å². The van der Waals surface area contributed by atoms with Crippen molar-refractivity contribution >= 4 is 16.5 Å². The summed E-state index contributed by atoms with van der Waals surface area (Å²) in [5.41, 5.74) is 0. The van der Waals surface area contributed by atoms with Crippen molar-refractivity contribution in [2.24, 2.45) is 0 Å². The Kier molecular flexibility index (Phi) is 4.97. The molecule has 0 aliphatic rings. The maximum Gasteiger partial charge on any atom is 0.185 e. The maximum absolute atomic E-state index is 8.85. The number of hydrogen-bond donors (Lipinski definition) is 3. The van der Waals surface area contributed by atoms with Gasteiger partial charge in [-0.25, -0.2) is 4.98 Å². The van der Waals surface area contributed by atoms with E-state index in [-0.39, 0.29) is 19.3 Å². The lowest BCUT2D eigenvalue weighted by atomic mass is 10.3. The van der Waals surface area contributed by atoms with Crippen LogP contribution in [-0.2, 0) is 6.54 Å². The van der Waals surface area contributed by atoms with Gasteiger partial charge in [-0.15, -0.1) is 11.3 Å². The zero-order chi connectivity index (χ0) is 11.3. The Balaban J connectivity index is 2.43. The largest absolute Gasteiger partial charge is 0.395 e. The number of nitrogens with one attached hydrogen (secondary N) is 1. The number of aliphatic hydroxyl groups is 2. The summed E-state index contributed by atoms with van der Waals surface area (Å²) in [6, 6.07) is -0.255. The van der Waals surface area contributed by atoms with Gasteiger partial charge >= 0.3 is 0 Å². The summed E-state index contributed by atoms with van der Waals surface area (Å²) >= 11 is 1.59. The molecule has 0 aliphatic carbocycles. The molecule has 0 aromatic carbocycles. The molecule has 0 atom stereocenters. The summed E-state index contributed by atoms with van der Waals surface area (Å²) in [4.78, 5) is 7.26. The maximum atomic E-state index is 8.85. The van der Waals surface area contributed by atoms with Gasteiger partial charge in [0.25, 0.3) is 0 Å². The molecule has 0 amide bonds. The molecule has 3 N–H and O–H groups in total. The highest BCUT2D eigenvalue weighted by Gasteiger charge is 2.07. The van der Waals surface area contributed by atoms with Gasteiger partial charge in [-0.2, -0.15) is 0 Å². The van der Waals surface area contributed by atoms with Crippen LogP contribution in [0.2, 0.25) is 0 Å². The van der Waals surface area contributed by atoms with E-state index < -0.39 is 0 Å². The van der Waals surface area contributed by atoms with E-state index in [4.69, 9.17) is 10.2 Å². The van der Waals surface area contributed by atoms with Crippen molar-refractivity contribution < 1.29 is 10.2 Å². The quantitative estimate of drug-likeness (QED) is 0.624. The first-order chi connectivity index (χ1) is 7.17. The third-order valence-electron chi connectivity index (χ3n) is 1.93. The Hall–Kier alpha value is -0.690. The van der Waals surface area contributed by atoms with E-state index in [0.717, 1.165) is 10.0 Å². The molecule has 1 aromatic heterocycles. The lowest BCUT2D eigenvalue weighted by Gasteiger charge is -2.11. The number of aromatic nitrogens is 1. The van der Waals surface area contributed by atoms with Crippen LogP contribution in [0.5, 0.6) is 0 Å². The fourth-order valence-electron chi connectivity index (χ4n) is 1.02. The summed E-state index contributed by atoms with van der Waals surface area (Å²) in [5, 5.41) is 21.7. The Morgan fingerprint density at radius 2 is 2.13 bits per heavy atom. The Morgan fingerprint density at radius 3 is 2.60 bits per heavy atom. The molecule has 1 aromatic rings. The molecule has 0 radical (unpaired) electrons. The molecule has 0 unspecified atom stereocenters. The van der Waals surface area contributed by atoms with Crippen molar-refractivity contribution in [1.29, 1.82) is 0 Å².